The summed E-state index contributed by atoms with van der Waals surface area (Å²) in [5.74, 6) is -0.347. The molecule has 2 N–H and O–H groups in total. The number of aryl methyl sites for hydroxylation is 1. The maximum absolute atomic E-state index is 15.0. The molecule has 0 radical (unpaired) electrons. The number of nitrogens with zero attached hydrogens (tertiary/aromatic N) is 3. The van der Waals surface area contributed by atoms with E-state index in [1.54, 1.807) is 60.5 Å². The van der Waals surface area contributed by atoms with Crippen molar-refractivity contribution in [1.82, 2.24) is 20.1 Å². The van der Waals surface area contributed by atoms with Gasteiger partial charge in [-0.25, -0.2) is 4.39 Å². The average molecular weight is 504 g/mol. The molecule has 0 saturated carbocycles. The van der Waals surface area contributed by atoms with Gasteiger partial charge in [0.2, 0.25) is 5.91 Å². The van der Waals surface area contributed by atoms with Crippen LogP contribution < -0.4 is 15.4 Å². The Morgan fingerprint density at radius 1 is 1.11 bits per heavy atom. The van der Waals surface area contributed by atoms with E-state index in [4.69, 9.17) is 4.74 Å². The van der Waals surface area contributed by atoms with E-state index in [9.17, 15) is 9.59 Å². The lowest BCUT2D eigenvalue weighted by Gasteiger charge is -2.18. The Hall–Kier alpha value is -4.27. The van der Waals surface area contributed by atoms with Crippen LogP contribution in [-0.2, 0) is 16.8 Å². The standard InChI is InChI=1S/C28H30FN5O3/c1-6-30-27(36)18-7-8-23-21(12-18)24(9-10-31-23)37-25-14-22(29)19(11-17(25)2)13-26(35)33-20-15-32-34(16-20)28(3,4)5/h7-12,14-16H,6,13H2,1-5H3,(H,30,36)(H,33,35). The third-order valence-corrected chi connectivity index (χ3v) is 5.77. The van der Waals surface area contributed by atoms with Gasteiger partial charge in [-0.3, -0.25) is 19.3 Å². The lowest BCUT2D eigenvalue weighted by molar-refractivity contribution is -0.115. The topological polar surface area (TPSA) is 98.1 Å². The van der Waals surface area contributed by atoms with E-state index in [1.807, 2.05) is 27.7 Å². The van der Waals surface area contributed by atoms with Crippen LogP contribution in [0.2, 0.25) is 0 Å². The summed E-state index contributed by atoms with van der Waals surface area (Å²) >= 11 is 0. The molecule has 0 fully saturated rings. The van der Waals surface area contributed by atoms with Gasteiger partial charge < -0.3 is 15.4 Å². The molecule has 0 aliphatic heterocycles. The number of aromatic nitrogens is 3. The third kappa shape index (κ3) is 5.94. The Kier molecular flexibility index (Phi) is 7.24. The minimum absolute atomic E-state index is 0.137. The van der Waals surface area contributed by atoms with E-state index in [2.05, 4.69) is 20.7 Å². The van der Waals surface area contributed by atoms with Crippen molar-refractivity contribution in [2.75, 3.05) is 11.9 Å². The van der Waals surface area contributed by atoms with Crippen LogP contribution in [0.1, 0.15) is 49.2 Å². The van der Waals surface area contributed by atoms with E-state index >= 15 is 4.39 Å². The molecule has 0 unspecified atom stereocenters. The van der Waals surface area contributed by atoms with Crippen molar-refractivity contribution in [3.63, 3.8) is 0 Å². The van der Waals surface area contributed by atoms with Gasteiger partial charge in [0, 0.05) is 36.0 Å². The van der Waals surface area contributed by atoms with Gasteiger partial charge in [-0.05, 0) is 76.1 Å². The second-order valence-electron chi connectivity index (χ2n) is 9.78. The number of carbonyl (C=O) groups excluding carboxylic acids is 2. The smallest absolute Gasteiger partial charge is 0.251 e. The van der Waals surface area contributed by atoms with Crippen LogP contribution in [0.4, 0.5) is 10.1 Å². The lowest BCUT2D eigenvalue weighted by Crippen LogP contribution is -2.22. The lowest BCUT2D eigenvalue weighted by atomic mass is 10.1. The zero-order valence-corrected chi connectivity index (χ0v) is 21.6. The molecule has 192 valence electrons. The van der Waals surface area contributed by atoms with E-state index in [-0.39, 0.29) is 29.3 Å². The van der Waals surface area contributed by atoms with E-state index < -0.39 is 5.82 Å². The molecule has 0 atom stereocenters. The molecular weight excluding hydrogens is 473 g/mol. The molecule has 2 amide bonds. The van der Waals surface area contributed by atoms with Gasteiger partial charge in [0.15, 0.2) is 0 Å². The Bertz CT molecular complexity index is 1470. The number of anilines is 1. The fraction of sp³-hybridized carbons (Fsp3) is 0.286. The zero-order valence-electron chi connectivity index (χ0n) is 21.6. The zero-order chi connectivity index (χ0) is 26.7. The quantitative estimate of drug-likeness (QED) is 0.354. The molecule has 0 saturated heterocycles. The first kappa shape index (κ1) is 25.8. The molecule has 8 nitrogen and oxygen atoms in total. The summed E-state index contributed by atoms with van der Waals surface area (Å²) in [4.78, 5) is 29.2. The van der Waals surface area contributed by atoms with Crippen molar-refractivity contribution >= 4 is 28.4 Å². The normalized spacial score (nSPS) is 11.4. The first-order valence-corrected chi connectivity index (χ1v) is 12.0. The van der Waals surface area contributed by atoms with Crippen molar-refractivity contribution in [3.05, 3.63) is 77.5 Å². The fourth-order valence-corrected chi connectivity index (χ4v) is 3.83. The fourth-order valence-electron chi connectivity index (χ4n) is 3.83. The number of hydrogen-bond donors (Lipinski definition) is 2. The van der Waals surface area contributed by atoms with Crippen LogP contribution >= 0.6 is 0 Å². The largest absolute Gasteiger partial charge is 0.456 e. The summed E-state index contributed by atoms with van der Waals surface area (Å²) < 4.78 is 22.8. The molecule has 0 bridgehead atoms. The van der Waals surface area contributed by atoms with E-state index in [0.29, 0.717) is 45.8 Å². The number of halogens is 1. The first-order valence-electron chi connectivity index (χ1n) is 12.0. The highest BCUT2D eigenvalue weighted by molar-refractivity contribution is 5.99. The second-order valence-corrected chi connectivity index (χ2v) is 9.78. The summed E-state index contributed by atoms with van der Waals surface area (Å²) in [6, 6.07) is 9.69. The van der Waals surface area contributed by atoms with Crippen molar-refractivity contribution in [2.24, 2.45) is 0 Å². The Morgan fingerprint density at radius 3 is 2.59 bits per heavy atom. The molecule has 4 rings (SSSR count). The predicted molar refractivity (Wildman–Crippen MR) is 141 cm³/mol. The minimum Gasteiger partial charge on any atom is -0.456 e. The summed E-state index contributed by atoms with van der Waals surface area (Å²) in [5.41, 5.74) is 2.37. The van der Waals surface area contributed by atoms with Gasteiger partial charge >= 0.3 is 0 Å². The van der Waals surface area contributed by atoms with Crippen molar-refractivity contribution in [1.29, 1.82) is 0 Å². The maximum atomic E-state index is 15.0. The number of pyridine rings is 1. The van der Waals surface area contributed by atoms with Gasteiger partial charge in [-0.1, -0.05) is 0 Å². The van der Waals surface area contributed by atoms with E-state index in [0.717, 1.165) is 0 Å². The van der Waals surface area contributed by atoms with E-state index in [1.165, 1.54) is 6.07 Å². The molecule has 0 spiro atoms. The number of carbonyl (C=O) groups is 2. The molecule has 37 heavy (non-hydrogen) atoms. The van der Waals surface area contributed by atoms with Crippen LogP contribution in [0.5, 0.6) is 11.5 Å². The molecule has 0 aliphatic carbocycles. The number of ether oxygens (including phenoxy) is 1. The molecule has 4 aromatic rings. The molecule has 2 aromatic heterocycles. The Labute approximate surface area is 214 Å². The SMILES string of the molecule is CCNC(=O)c1ccc2nccc(Oc3cc(F)c(CC(=O)Nc4cnn(C(C)(C)C)c4)cc3C)c2c1. The van der Waals surface area contributed by atoms with Gasteiger partial charge in [0.1, 0.15) is 17.3 Å². The Morgan fingerprint density at radius 2 is 1.89 bits per heavy atom. The summed E-state index contributed by atoms with van der Waals surface area (Å²) in [6.07, 6.45) is 4.77. The number of hydrogen-bond acceptors (Lipinski definition) is 5. The van der Waals surface area contributed by atoms with Gasteiger partial charge in [0.05, 0.1) is 29.4 Å². The highest BCUT2D eigenvalue weighted by atomic mass is 19.1. The summed E-state index contributed by atoms with van der Waals surface area (Å²) in [5, 5.41) is 10.4. The second kappa shape index (κ2) is 10.4. The van der Waals surface area contributed by atoms with Gasteiger partial charge in [0.25, 0.3) is 5.91 Å². The molecule has 2 aromatic carbocycles. The van der Waals surface area contributed by atoms with Crippen LogP contribution in [-0.4, -0.2) is 33.1 Å². The third-order valence-electron chi connectivity index (χ3n) is 5.77. The molecule has 9 heteroatoms. The summed E-state index contributed by atoms with van der Waals surface area (Å²) in [7, 11) is 0. The number of nitrogens with one attached hydrogen (secondary N) is 2. The average Bonchev–Trinajstić information content (AvgIpc) is 3.31. The highest BCUT2D eigenvalue weighted by Gasteiger charge is 2.17. The highest BCUT2D eigenvalue weighted by Crippen LogP contribution is 2.32. The summed E-state index contributed by atoms with van der Waals surface area (Å²) in [6.45, 7) is 10.2. The predicted octanol–water partition coefficient (Wildman–Crippen LogP) is 5.36. The van der Waals surface area contributed by atoms with Crippen LogP contribution in [0, 0.1) is 12.7 Å². The maximum Gasteiger partial charge on any atom is 0.251 e. The molecule has 0 aliphatic rings. The molecule has 2 heterocycles. The van der Waals surface area contributed by atoms with Crippen molar-refractivity contribution < 1.29 is 18.7 Å². The first-order chi connectivity index (χ1) is 17.5. The van der Waals surface area contributed by atoms with Gasteiger partial charge in [-0.15, -0.1) is 0 Å². The Balaban J connectivity index is 1.53. The number of rotatable bonds is 7. The van der Waals surface area contributed by atoms with Crippen LogP contribution in [0.3, 0.4) is 0 Å². The number of amides is 2. The van der Waals surface area contributed by atoms with Crippen LogP contribution in [0.25, 0.3) is 10.9 Å². The van der Waals surface area contributed by atoms with Gasteiger partial charge in [-0.2, -0.15) is 5.10 Å². The van der Waals surface area contributed by atoms with Crippen molar-refractivity contribution in [3.8, 4) is 11.5 Å². The molecular formula is C28H30FN5O3. The number of benzene rings is 2. The number of fused-ring (bicyclic) bond motifs is 1. The minimum atomic E-state index is -0.553. The monoisotopic (exact) mass is 503 g/mol. The van der Waals surface area contributed by atoms with Crippen molar-refractivity contribution in [2.45, 2.75) is 46.6 Å². The van der Waals surface area contributed by atoms with Crippen LogP contribution in [0.15, 0.2) is 55.0 Å².